The van der Waals surface area contributed by atoms with E-state index in [0.29, 0.717) is 0 Å². The fourth-order valence-electron chi connectivity index (χ4n) is 1.53. The van der Waals surface area contributed by atoms with E-state index in [1.54, 1.807) is 0 Å². The van der Waals surface area contributed by atoms with Crippen molar-refractivity contribution < 1.29 is 29.0 Å². The van der Waals surface area contributed by atoms with Crippen LogP contribution in [0.15, 0.2) is 24.3 Å². The Morgan fingerprint density at radius 2 is 1.53 bits per heavy atom. The van der Waals surface area contributed by atoms with Crippen molar-refractivity contribution in [3.8, 4) is 0 Å². The second-order valence-corrected chi connectivity index (χ2v) is 3.82. The van der Waals surface area contributed by atoms with E-state index in [2.05, 4.69) is 4.74 Å². The minimum absolute atomic E-state index is 0.0512. The molecule has 0 saturated heterocycles. The lowest BCUT2D eigenvalue weighted by Crippen LogP contribution is -2.30. The standard InChI is InChI=1S/C13H12O6/c1-7(14)10(12(16)17)11(15)8-3-5-9(6-4-8)13(18)19-2/h3-6,10H,1-2H3,(H,16,17). The number of hydrogen-bond donors (Lipinski definition) is 1. The lowest BCUT2D eigenvalue weighted by molar-refractivity contribution is -0.143. The summed E-state index contributed by atoms with van der Waals surface area (Å²) in [5.74, 6) is -5.33. The van der Waals surface area contributed by atoms with Crippen LogP contribution in [0.5, 0.6) is 0 Å². The molecule has 0 saturated carbocycles. The molecule has 0 amide bonds. The zero-order valence-electron chi connectivity index (χ0n) is 10.4. The van der Waals surface area contributed by atoms with Crippen LogP contribution in [0.1, 0.15) is 27.6 Å². The summed E-state index contributed by atoms with van der Waals surface area (Å²) >= 11 is 0. The van der Waals surface area contributed by atoms with Gasteiger partial charge in [-0.25, -0.2) is 4.79 Å². The molecule has 0 radical (unpaired) electrons. The van der Waals surface area contributed by atoms with Crippen LogP contribution < -0.4 is 0 Å². The maximum atomic E-state index is 11.9. The van der Waals surface area contributed by atoms with Crippen LogP contribution in [0.25, 0.3) is 0 Å². The number of hydrogen-bond acceptors (Lipinski definition) is 5. The van der Waals surface area contributed by atoms with Gasteiger partial charge in [0.2, 0.25) is 0 Å². The van der Waals surface area contributed by atoms with E-state index < -0.39 is 29.4 Å². The van der Waals surface area contributed by atoms with Gasteiger partial charge < -0.3 is 9.84 Å². The predicted octanol–water partition coefficient (Wildman–Crippen LogP) is 0.946. The van der Waals surface area contributed by atoms with Gasteiger partial charge in [0.05, 0.1) is 12.7 Å². The molecule has 0 aliphatic carbocycles. The first-order valence-electron chi connectivity index (χ1n) is 5.34. The molecule has 0 spiro atoms. The Morgan fingerprint density at radius 1 is 1.05 bits per heavy atom. The zero-order valence-corrected chi connectivity index (χ0v) is 10.4. The van der Waals surface area contributed by atoms with Crippen LogP contribution in [-0.4, -0.2) is 35.7 Å². The molecule has 0 aliphatic heterocycles. The van der Waals surface area contributed by atoms with Gasteiger partial charge in [-0.3, -0.25) is 14.4 Å². The number of carboxylic acids is 1. The van der Waals surface area contributed by atoms with Crippen LogP contribution in [0.4, 0.5) is 0 Å². The van der Waals surface area contributed by atoms with Gasteiger partial charge in [0.1, 0.15) is 0 Å². The molecule has 6 nitrogen and oxygen atoms in total. The molecule has 1 aromatic carbocycles. The Bertz CT molecular complexity index is 515. The summed E-state index contributed by atoms with van der Waals surface area (Å²) in [5.41, 5.74) is 0.281. The van der Waals surface area contributed by atoms with Crippen molar-refractivity contribution in [1.29, 1.82) is 0 Å². The first-order chi connectivity index (χ1) is 8.88. The quantitative estimate of drug-likeness (QED) is 0.483. The molecule has 6 heteroatoms. The van der Waals surface area contributed by atoms with Crippen LogP contribution in [0, 0.1) is 5.92 Å². The molecule has 0 fully saturated rings. The number of methoxy groups -OCH3 is 1. The molecule has 0 aliphatic rings. The van der Waals surface area contributed by atoms with Gasteiger partial charge in [-0.15, -0.1) is 0 Å². The summed E-state index contributed by atoms with van der Waals surface area (Å²) in [6, 6.07) is 5.23. The topological polar surface area (TPSA) is 97.7 Å². The number of ether oxygens (including phenoxy) is 1. The van der Waals surface area contributed by atoms with Crippen LogP contribution >= 0.6 is 0 Å². The number of carbonyl (C=O) groups excluding carboxylic acids is 3. The Labute approximate surface area is 109 Å². The van der Waals surface area contributed by atoms with Crippen molar-refractivity contribution in [1.82, 2.24) is 0 Å². The van der Waals surface area contributed by atoms with Crippen molar-refractivity contribution in [3.05, 3.63) is 35.4 Å². The molecular formula is C13H12O6. The molecule has 0 heterocycles. The van der Waals surface area contributed by atoms with Gasteiger partial charge in [0.25, 0.3) is 0 Å². The zero-order chi connectivity index (χ0) is 14.6. The van der Waals surface area contributed by atoms with E-state index in [-0.39, 0.29) is 11.1 Å². The van der Waals surface area contributed by atoms with Crippen molar-refractivity contribution in [2.24, 2.45) is 5.92 Å². The third kappa shape index (κ3) is 3.25. The molecule has 1 rings (SSSR count). The molecule has 1 unspecified atom stereocenters. The summed E-state index contributed by atoms with van der Waals surface area (Å²) in [6.45, 7) is 1.04. The SMILES string of the molecule is COC(=O)c1ccc(C(=O)C(C(C)=O)C(=O)O)cc1. The normalized spacial score (nSPS) is 11.5. The number of rotatable bonds is 5. The van der Waals surface area contributed by atoms with Crippen LogP contribution in [-0.2, 0) is 14.3 Å². The van der Waals surface area contributed by atoms with Gasteiger partial charge in [-0.05, 0) is 19.1 Å². The van der Waals surface area contributed by atoms with Crippen molar-refractivity contribution in [2.45, 2.75) is 6.92 Å². The Balaban J connectivity index is 3.03. The van der Waals surface area contributed by atoms with E-state index in [0.717, 1.165) is 6.92 Å². The Kier molecular flexibility index (Phi) is 4.52. The Hall–Kier alpha value is -2.50. The summed E-state index contributed by atoms with van der Waals surface area (Å²) in [7, 11) is 1.22. The number of carboxylic acid groups (broad SMARTS) is 1. The highest BCUT2D eigenvalue weighted by Crippen LogP contribution is 2.13. The average Bonchev–Trinajstić information content (AvgIpc) is 2.37. The Morgan fingerprint density at radius 3 is 1.89 bits per heavy atom. The van der Waals surface area contributed by atoms with Crippen molar-refractivity contribution in [2.75, 3.05) is 7.11 Å². The highest BCUT2D eigenvalue weighted by atomic mass is 16.5. The number of ketones is 2. The highest BCUT2D eigenvalue weighted by molar-refractivity contribution is 6.21. The molecule has 1 aromatic rings. The first kappa shape index (κ1) is 14.6. The number of esters is 1. The fourth-order valence-corrected chi connectivity index (χ4v) is 1.53. The third-order valence-corrected chi connectivity index (χ3v) is 2.51. The van der Waals surface area contributed by atoms with Gasteiger partial charge in [0, 0.05) is 5.56 Å². The molecule has 0 bridgehead atoms. The molecule has 0 aromatic heterocycles. The second-order valence-electron chi connectivity index (χ2n) is 3.82. The summed E-state index contributed by atoms with van der Waals surface area (Å²) in [6.07, 6.45) is 0. The minimum Gasteiger partial charge on any atom is -0.480 e. The third-order valence-electron chi connectivity index (χ3n) is 2.51. The maximum Gasteiger partial charge on any atom is 0.337 e. The summed E-state index contributed by atoms with van der Waals surface area (Å²) in [5, 5.41) is 8.84. The minimum atomic E-state index is -1.72. The predicted molar refractivity (Wildman–Crippen MR) is 63.9 cm³/mol. The monoisotopic (exact) mass is 264 g/mol. The molecule has 19 heavy (non-hydrogen) atoms. The summed E-state index contributed by atoms with van der Waals surface area (Å²) < 4.78 is 4.49. The van der Waals surface area contributed by atoms with Gasteiger partial charge in [0.15, 0.2) is 17.5 Å². The van der Waals surface area contributed by atoms with E-state index in [4.69, 9.17) is 5.11 Å². The van der Waals surface area contributed by atoms with E-state index in [1.165, 1.54) is 31.4 Å². The maximum absolute atomic E-state index is 11.9. The summed E-state index contributed by atoms with van der Waals surface area (Å²) in [4.78, 5) is 45.1. The fraction of sp³-hybridized carbons (Fsp3) is 0.231. The van der Waals surface area contributed by atoms with E-state index >= 15 is 0 Å². The van der Waals surface area contributed by atoms with E-state index in [1.807, 2.05) is 0 Å². The molecule has 100 valence electrons. The van der Waals surface area contributed by atoms with Crippen molar-refractivity contribution >= 4 is 23.5 Å². The van der Waals surface area contributed by atoms with Gasteiger partial charge in [-0.2, -0.15) is 0 Å². The highest BCUT2D eigenvalue weighted by Gasteiger charge is 2.31. The number of aliphatic carboxylic acids is 1. The lowest BCUT2D eigenvalue weighted by Gasteiger charge is -2.08. The lowest BCUT2D eigenvalue weighted by atomic mass is 9.94. The van der Waals surface area contributed by atoms with Crippen LogP contribution in [0.2, 0.25) is 0 Å². The molecule has 1 N–H and O–H groups in total. The van der Waals surface area contributed by atoms with Crippen molar-refractivity contribution in [3.63, 3.8) is 0 Å². The van der Waals surface area contributed by atoms with Gasteiger partial charge in [-0.1, -0.05) is 12.1 Å². The second kappa shape index (κ2) is 5.90. The average molecular weight is 264 g/mol. The van der Waals surface area contributed by atoms with Crippen LogP contribution in [0.3, 0.4) is 0 Å². The van der Waals surface area contributed by atoms with E-state index in [9.17, 15) is 19.2 Å². The molecule has 1 atom stereocenters. The largest absolute Gasteiger partial charge is 0.480 e. The number of benzene rings is 1. The van der Waals surface area contributed by atoms with Gasteiger partial charge >= 0.3 is 11.9 Å². The number of carbonyl (C=O) groups is 4. The molecular weight excluding hydrogens is 252 g/mol. The first-order valence-corrected chi connectivity index (χ1v) is 5.34. The number of Topliss-reactive ketones (excluding diaryl/α,β-unsaturated/α-hetero) is 2. The smallest absolute Gasteiger partial charge is 0.337 e.